The van der Waals surface area contributed by atoms with Crippen molar-refractivity contribution in [2.45, 2.75) is 43.6 Å². The van der Waals surface area contributed by atoms with E-state index >= 15 is 0 Å². The van der Waals surface area contributed by atoms with Gasteiger partial charge in [-0.05, 0) is 53.4 Å². The molecule has 0 unspecified atom stereocenters. The lowest BCUT2D eigenvalue weighted by Gasteiger charge is -2.60. The van der Waals surface area contributed by atoms with E-state index in [1.165, 1.54) is 7.05 Å². The quantitative estimate of drug-likeness (QED) is 0.606. The van der Waals surface area contributed by atoms with Crippen LogP contribution in [0, 0.1) is 5.41 Å². The predicted molar refractivity (Wildman–Crippen MR) is 123 cm³/mol. The van der Waals surface area contributed by atoms with Gasteiger partial charge in [-0.15, -0.1) is 0 Å². The molecule has 178 valence electrons. The van der Waals surface area contributed by atoms with Crippen LogP contribution in [0.2, 0.25) is 0 Å². The molecule has 8 nitrogen and oxygen atoms in total. The van der Waals surface area contributed by atoms with Crippen molar-refractivity contribution < 1.29 is 29.1 Å². The van der Waals surface area contributed by atoms with E-state index < -0.39 is 30.1 Å². The fraction of sp³-hybridized carbons (Fsp3) is 0.423. The highest BCUT2D eigenvalue weighted by atomic mass is 16.7. The van der Waals surface area contributed by atoms with Crippen LogP contribution in [0.15, 0.2) is 48.5 Å². The number of hydroxylamine groups is 2. The van der Waals surface area contributed by atoms with Crippen LogP contribution < -0.4 is 5.32 Å². The summed E-state index contributed by atoms with van der Waals surface area (Å²) in [6.45, 7) is -0.477. The average Bonchev–Trinajstić information content (AvgIpc) is 3.10. The molecule has 0 aliphatic heterocycles. The SMILES string of the molecule is CN(OCC(=O)O)C(=O)C1(NC(=O)OCC2c3ccccc3-c3ccccc32)CC2(CCC2)C1. The first-order chi connectivity index (χ1) is 16.3. The van der Waals surface area contributed by atoms with Gasteiger partial charge in [0, 0.05) is 13.0 Å². The molecule has 0 aromatic heterocycles. The molecule has 8 heteroatoms. The van der Waals surface area contributed by atoms with Crippen molar-refractivity contribution in [1.82, 2.24) is 10.4 Å². The standard InChI is InChI=1S/C26H28N2O6/c1-28(34-14-22(29)30)23(31)26(15-25(16-26)11-6-12-25)27-24(32)33-13-21-19-9-4-2-7-17(19)18-8-3-5-10-20(18)21/h2-5,7-10,21H,6,11-16H2,1H3,(H,27,32)(H,29,30). The summed E-state index contributed by atoms with van der Waals surface area (Å²) in [6.07, 6.45) is 3.51. The second-order valence-corrected chi connectivity index (χ2v) is 9.71. The van der Waals surface area contributed by atoms with Crippen LogP contribution in [-0.2, 0) is 19.2 Å². The number of likely N-dealkylation sites (N-methyl/N-ethyl adjacent to an activating group) is 1. The van der Waals surface area contributed by atoms with Crippen LogP contribution in [0.3, 0.4) is 0 Å². The number of ether oxygens (including phenoxy) is 1. The number of nitrogens with one attached hydrogen (secondary N) is 1. The van der Waals surface area contributed by atoms with Crippen molar-refractivity contribution in [3.8, 4) is 11.1 Å². The molecule has 0 bridgehead atoms. The van der Waals surface area contributed by atoms with Crippen molar-refractivity contribution in [3.05, 3.63) is 59.7 Å². The summed E-state index contributed by atoms with van der Waals surface area (Å²) in [6, 6.07) is 16.2. The first-order valence-electron chi connectivity index (χ1n) is 11.6. The Morgan fingerprint density at radius 1 is 1.03 bits per heavy atom. The summed E-state index contributed by atoms with van der Waals surface area (Å²) in [5.41, 5.74) is 3.43. The molecular weight excluding hydrogens is 436 g/mol. The Morgan fingerprint density at radius 2 is 1.62 bits per heavy atom. The largest absolute Gasteiger partial charge is 0.479 e. The Bertz CT molecular complexity index is 1090. The van der Waals surface area contributed by atoms with E-state index in [1.54, 1.807) is 0 Å². The molecule has 3 aliphatic carbocycles. The Kier molecular flexibility index (Phi) is 5.56. The van der Waals surface area contributed by atoms with Gasteiger partial charge in [-0.25, -0.2) is 14.7 Å². The minimum atomic E-state index is -1.18. The van der Waals surface area contributed by atoms with Crippen LogP contribution in [0.25, 0.3) is 11.1 Å². The summed E-state index contributed by atoms with van der Waals surface area (Å²) in [7, 11) is 1.37. The van der Waals surface area contributed by atoms with Crippen molar-refractivity contribution >= 4 is 18.0 Å². The molecule has 0 radical (unpaired) electrons. The number of nitrogens with zero attached hydrogens (tertiary/aromatic N) is 1. The average molecular weight is 465 g/mol. The Balaban J connectivity index is 1.28. The molecule has 2 fully saturated rings. The minimum Gasteiger partial charge on any atom is -0.479 e. The van der Waals surface area contributed by atoms with Crippen LogP contribution in [-0.4, -0.2) is 53.9 Å². The number of benzene rings is 2. The lowest BCUT2D eigenvalue weighted by molar-refractivity contribution is -0.201. The zero-order chi connectivity index (χ0) is 23.9. The number of hydrogen-bond donors (Lipinski definition) is 2. The fourth-order valence-electron chi connectivity index (χ4n) is 5.89. The maximum absolute atomic E-state index is 13.1. The number of alkyl carbamates (subject to hydrolysis) is 1. The number of aliphatic carboxylic acids is 1. The number of carbonyl (C=O) groups excluding carboxylic acids is 2. The van der Waals surface area contributed by atoms with Crippen LogP contribution in [0.5, 0.6) is 0 Å². The van der Waals surface area contributed by atoms with Crippen molar-refractivity contribution in [2.75, 3.05) is 20.3 Å². The third kappa shape index (κ3) is 3.81. The van der Waals surface area contributed by atoms with Crippen LogP contribution in [0.4, 0.5) is 4.79 Å². The van der Waals surface area contributed by atoms with Crippen LogP contribution in [0.1, 0.15) is 49.1 Å². The van der Waals surface area contributed by atoms with E-state index in [9.17, 15) is 14.4 Å². The molecule has 2 aromatic carbocycles. The lowest BCUT2D eigenvalue weighted by atomic mass is 9.48. The van der Waals surface area contributed by atoms with E-state index in [1.807, 2.05) is 36.4 Å². The van der Waals surface area contributed by atoms with E-state index in [0.29, 0.717) is 12.8 Å². The van der Waals surface area contributed by atoms with Gasteiger partial charge >= 0.3 is 12.1 Å². The molecule has 2 amide bonds. The molecule has 0 heterocycles. The molecular formula is C26H28N2O6. The highest BCUT2D eigenvalue weighted by Crippen LogP contribution is 2.60. The predicted octanol–water partition coefficient (Wildman–Crippen LogP) is 3.70. The number of hydrogen-bond acceptors (Lipinski definition) is 5. The minimum absolute atomic E-state index is 0.0694. The lowest BCUT2D eigenvalue weighted by Crippen LogP contribution is -2.70. The van der Waals surface area contributed by atoms with Crippen LogP contribution >= 0.6 is 0 Å². The van der Waals surface area contributed by atoms with Crippen molar-refractivity contribution in [3.63, 3.8) is 0 Å². The van der Waals surface area contributed by atoms with E-state index in [4.69, 9.17) is 14.7 Å². The van der Waals surface area contributed by atoms with Crippen molar-refractivity contribution in [1.29, 1.82) is 0 Å². The van der Waals surface area contributed by atoms with Gasteiger partial charge in [-0.1, -0.05) is 55.0 Å². The number of fused-ring (bicyclic) bond motifs is 3. The highest BCUT2D eigenvalue weighted by Gasteiger charge is 2.62. The number of amides is 2. The number of carboxylic acid groups (broad SMARTS) is 1. The third-order valence-electron chi connectivity index (χ3n) is 7.53. The maximum Gasteiger partial charge on any atom is 0.408 e. The third-order valence-corrected chi connectivity index (χ3v) is 7.53. The Hall–Kier alpha value is -3.39. The van der Waals surface area contributed by atoms with Gasteiger partial charge in [0.1, 0.15) is 12.1 Å². The topological polar surface area (TPSA) is 105 Å². The molecule has 5 rings (SSSR count). The Morgan fingerprint density at radius 3 is 2.15 bits per heavy atom. The first-order valence-corrected chi connectivity index (χ1v) is 11.6. The summed E-state index contributed by atoms with van der Waals surface area (Å²) in [4.78, 5) is 41.9. The van der Waals surface area contributed by atoms with Gasteiger partial charge in [0.2, 0.25) is 0 Å². The second-order valence-electron chi connectivity index (χ2n) is 9.71. The number of carbonyl (C=O) groups is 3. The molecule has 0 saturated heterocycles. The Labute approximate surface area is 197 Å². The van der Waals surface area contributed by atoms with E-state index in [-0.39, 0.29) is 17.9 Å². The summed E-state index contributed by atoms with van der Waals surface area (Å²) >= 11 is 0. The van der Waals surface area contributed by atoms with Gasteiger partial charge in [-0.3, -0.25) is 9.63 Å². The zero-order valence-electron chi connectivity index (χ0n) is 19.1. The van der Waals surface area contributed by atoms with Gasteiger partial charge in [0.15, 0.2) is 6.61 Å². The van der Waals surface area contributed by atoms with Gasteiger partial charge in [-0.2, -0.15) is 0 Å². The van der Waals surface area contributed by atoms with E-state index in [0.717, 1.165) is 46.6 Å². The molecule has 1 spiro atoms. The monoisotopic (exact) mass is 464 g/mol. The molecule has 0 atom stereocenters. The first kappa shape index (κ1) is 22.4. The summed E-state index contributed by atoms with van der Waals surface area (Å²) < 4.78 is 5.66. The van der Waals surface area contributed by atoms with E-state index in [2.05, 4.69) is 17.4 Å². The van der Waals surface area contributed by atoms with Gasteiger partial charge in [0.25, 0.3) is 5.91 Å². The highest BCUT2D eigenvalue weighted by molar-refractivity contribution is 5.91. The smallest absolute Gasteiger partial charge is 0.408 e. The molecule has 2 aromatic rings. The normalized spacial score (nSPS) is 18.7. The van der Waals surface area contributed by atoms with Gasteiger partial charge in [0.05, 0.1) is 0 Å². The molecule has 2 N–H and O–H groups in total. The fourth-order valence-corrected chi connectivity index (χ4v) is 5.89. The maximum atomic E-state index is 13.1. The van der Waals surface area contributed by atoms with Gasteiger partial charge < -0.3 is 15.2 Å². The number of rotatable bonds is 7. The molecule has 3 aliphatic rings. The summed E-state index contributed by atoms with van der Waals surface area (Å²) in [5.74, 6) is -1.72. The zero-order valence-corrected chi connectivity index (χ0v) is 19.1. The second kappa shape index (κ2) is 8.43. The molecule has 34 heavy (non-hydrogen) atoms. The van der Waals surface area contributed by atoms with Crippen molar-refractivity contribution in [2.24, 2.45) is 5.41 Å². The summed E-state index contributed by atoms with van der Waals surface area (Å²) in [5, 5.41) is 12.6. The molecule has 2 saturated carbocycles. The number of carboxylic acids is 1.